The average Bonchev–Trinajstić information content (AvgIpc) is 2.32. The molecular weight excluding hydrogens is 238 g/mol. The van der Waals surface area contributed by atoms with E-state index in [4.69, 9.17) is 24.4 Å². The summed E-state index contributed by atoms with van der Waals surface area (Å²) in [5, 5.41) is 4.39. The number of hydrogen-bond acceptors (Lipinski definition) is 3. The molecule has 0 N–H and O–H groups in total. The highest BCUT2D eigenvalue weighted by atomic mass is 32.1. The number of hydrogen-bond donors (Lipinski definition) is 0. The van der Waals surface area contributed by atoms with Crippen molar-refractivity contribution in [2.45, 2.75) is 0 Å². The van der Waals surface area contributed by atoms with Gasteiger partial charge in [0.25, 0.3) is 0 Å². The minimum absolute atomic E-state index is 0.615. The lowest BCUT2D eigenvalue weighted by Crippen LogP contribution is -2.10. The summed E-state index contributed by atoms with van der Waals surface area (Å²) < 4.78 is 4.73. The van der Waals surface area contributed by atoms with E-state index in [2.05, 4.69) is 5.10 Å². The molecule has 3 nitrogen and oxygen atoms in total. The number of aromatic nitrogens is 3. The normalized spacial score (nSPS) is 10.4. The van der Waals surface area contributed by atoms with Crippen LogP contribution in [0.5, 0.6) is 0 Å². The Morgan fingerprint density at radius 1 is 1.06 bits per heavy atom. The van der Waals surface area contributed by atoms with Crippen LogP contribution in [0.4, 0.5) is 0 Å². The van der Waals surface area contributed by atoms with Crippen LogP contribution in [0.3, 0.4) is 0 Å². The second-order valence-corrected chi connectivity index (χ2v) is 4.24. The van der Waals surface area contributed by atoms with Gasteiger partial charge >= 0.3 is 0 Å². The monoisotopic (exact) mass is 249 g/mol. The highest BCUT2D eigenvalue weighted by Crippen LogP contribution is 2.16. The quantitative estimate of drug-likeness (QED) is 0.726. The van der Waals surface area contributed by atoms with Gasteiger partial charge in [0.05, 0.1) is 0 Å². The van der Waals surface area contributed by atoms with Gasteiger partial charge in [0.2, 0.25) is 0 Å². The van der Waals surface area contributed by atoms with Crippen LogP contribution >= 0.6 is 24.4 Å². The zero-order chi connectivity index (χ0) is 11.7. The van der Waals surface area contributed by atoms with Gasteiger partial charge in [-0.05, 0) is 12.2 Å². The molecule has 2 rings (SSSR count). The lowest BCUT2D eigenvalue weighted by molar-refractivity contribution is 0.641. The molecule has 1 aromatic heterocycles. The van der Waals surface area contributed by atoms with Gasteiger partial charge in [-0.25, -0.2) is 4.68 Å². The van der Waals surface area contributed by atoms with Gasteiger partial charge in [-0.2, -0.15) is 5.10 Å². The summed E-state index contributed by atoms with van der Waals surface area (Å²) in [5.74, 6) is 0. The molecule has 16 heavy (non-hydrogen) atoms. The molecule has 0 amide bonds. The second kappa shape index (κ2) is 4.27. The average molecular weight is 249 g/mol. The molecular formula is C11H11N3S2. The summed E-state index contributed by atoms with van der Waals surface area (Å²) in [7, 11) is 3.68. The molecule has 0 spiro atoms. The number of rotatable bonds is 1. The summed E-state index contributed by atoms with van der Waals surface area (Å²) >= 11 is 10.5. The summed E-state index contributed by atoms with van der Waals surface area (Å²) in [6, 6.07) is 9.87. The molecule has 0 fully saturated rings. The fourth-order valence-corrected chi connectivity index (χ4v) is 1.91. The molecule has 1 heterocycles. The number of aryl methyl sites for hydroxylation is 1. The van der Waals surface area contributed by atoms with Gasteiger partial charge in [0.15, 0.2) is 4.77 Å². The first-order valence-corrected chi connectivity index (χ1v) is 5.62. The van der Waals surface area contributed by atoms with E-state index in [1.807, 2.05) is 44.4 Å². The maximum absolute atomic E-state index is 5.34. The minimum Gasteiger partial charge on any atom is -0.310 e. The largest absolute Gasteiger partial charge is 0.310 e. The Morgan fingerprint density at radius 2 is 1.69 bits per heavy atom. The maximum Gasteiger partial charge on any atom is 0.196 e. The zero-order valence-electron chi connectivity index (χ0n) is 9.04. The Morgan fingerprint density at radius 3 is 2.31 bits per heavy atom. The van der Waals surface area contributed by atoms with Crippen LogP contribution < -0.4 is 0 Å². The first-order chi connectivity index (χ1) is 7.61. The Balaban J connectivity index is 2.78. The van der Waals surface area contributed by atoms with Crippen molar-refractivity contribution < 1.29 is 0 Å². The van der Waals surface area contributed by atoms with E-state index < -0.39 is 0 Å². The Bertz CT molecular complexity index is 626. The number of benzene rings is 1. The van der Waals surface area contributed by atoms with Crippen LogP contribution in [0.15, 0.2) is 30.3 Å². The molecule has 2 aromatic rings. The van der Waals surface area contributed by atoms with Gasteiger partial charge < -0.3 is 4.57 Å². The molecule has 0 atom stereocenters. The van der Waals surface area contributed by atoms with Crippen molar-refractivity contribution in [3.05, 3.63) is 39.7 Å². The summed E-state index contributed by atoms with van der Waals surface area (Å²) in [6.07, 6.45) is 0. The Hall–Kier alpha value is -1.33. The van der Waals surface area contributed by atoms with Crippen LogP contribution in [0, 0.1) is 9.41 Å². The van der Waals surface area contributed by atoms with Gasteiger partial charge in [0, 0.05) is 19.7 Å². The summed E-state index contributed by atoms with van der Waals surface area (Å²) in [5.41, 5.74) is 1.79. The van der Waals surface area contributed by atoms with Crippen LogP contribution in [0.1, 0.15) is 0 Å². The van der Waals surface area contributed by atoms with Crippen molar-refractivity contribution in [1.82, 2.24) is 14.3 Å². The molecule has 0 unspecified atom stereocenters. The molecule has 82 valence electrons. The van der Waals surface area contributed by atoms with Crippen molar-refractivity contribution in [3.8, 4) is 11.3 Å². The maximum atomic E-state index is 5.34. The van der Waals surface area contributed by atoms with Gasteiger partial charge in [0.1, 0.15) is 10.3 Å². The molecule has 1 aromatic carbocycles. The highest BCUT2D eigenvalue weighted by molar-refractivity contribution is 7.72. The summed E-state index contributed by atoms with van der Waals surface area (Å²) in [4.78, 5) is 0. The van der Waals surface area contributed by atoms with E-state index in [0.717, 1.165) is 11.3 Å². The van der Waals surface area contributed by atoms with E-state index in [1.54, 1.807) is 9.25 Å². The fraction of sp³-hybridized carbons (Fsp3) is 0.182. The van der Waals surface area contributed by atoms with Crippen LogP contribution in [-0.2, 0) is 14.1 Å². The first-order valence-electron chi connectivity index (χ1n) is 4.81. The van der Waals surface area contributed by atoms with E-state index in [1.165, 1.54) is 0 Å². The third-order valence-corrected chi connectivity index (χ3v) is 3.37. The van der Waals surface area contributed by atoms with Crippen molar-refractivity contribution in [2.75, 3.05) is 0 Å². The van der Waals surface area contributed by atoms with E-state index >= 15 is 0 Å². The van der Waals surface area contributed by atoms with Crippen molar-refractivity contribution in [3.63, 3.8) is 0 Å². The molecule has 0 aliphatic carbocycles. The lowest BCUT2D eigenvalue weighted by Gasteiger charge is -2.08. The minimum atomic E-state index is 0.615. The summed E-state index contributed by atoms with van der Waals surface area (Å²) in [6.45, 7) is 0. The molecule has 0 saturated heterocycles. The zero-order valence-corrected chi connectivity index (χ0v) is 10.7. The topological polar surface area (TPSA) is 22.8 Å². The van der Waals surface area contributed by atoms with E-state index in [-0.39, 0.29) is 0 Å². The van der Waals surface area contributed by atoms with Crippen LogP contribution in [0.25, 0.3) is 11.3 Å². The molecule has 0 saturated carbocycles. The predicted octanol–water partition coefficient (Wildman–Crippen LogP) is 2.88. The van der Waals surface area contributed by atoms with E-state index in [0.29, 0.717) is 9.41 Å². The molecule has 0 aliphatic heterocycles. The van der Waals surface area contributed by atoms with Crippen LogP contribution in [-0.4, -0.2) is 14.3 Å². The molecule has 0 radical (unpaired) electrons. The second-order valence-electron chi connectivity index (χ2n) is 3.48. The van der Waals surface area contributed by atoms with Gasteiger partial charge in [-0.15, -0.1) is 0 Å². The van der Waals surface area contributed by atoms with Crippen molar-refractivity contribution >= 4 is 24.4 Å². The Kier molecular flexibility index (Phi) is 2.98. The van der Waals surface area contributed by atoms with Crippen molar-refractivity contribution in [1.29, 1.82) is 0 Å². The Labute approximate surface area is 104 Å². The van der Waals surface area contributed by atoms with Gasteiger partial charge in [-0.3, -0.25) is 0 Å². The first kappa shape index (κ1) is 11.2. The SMILES string of the molecule is Cn1nc(-c2ccccc2)c(=S)n(C)c1=S. The van der Waals surface area contributed by atoms with Gasteiger partial charge in [-0.1, -0.05) is 42.5 Å². The highest BCUT2D eigenvalue weighted by Gasteiger charge is 2.05. The smallest absolute Gasteiger partial charge is 0.196 e. The third-order valence-electron chi connectivity index (χ3n) is 2.37. The third kappa shape index (κ3) is 1.83. The number of nitrogens with zero attached hydrogens (tertiary/aromatic N) is 3. The molecule has 0 bridgehead atoms. The predicted molar refractivity (Wildman–Crippen MR) is 69.3 cm³/mol. The lowest BCUT2D eigenvalue weighted by atomic mass is 10.2. The molecule has 5 heteroatoms. The van der Waals surface area contributed by atoms with E-state index in [9.17, 15) is 0 Å². The molecule has 0 aliphatic rings. The fourth-order valence-electron chi connectivity index (χ4n) is 1.48. The van der Waals surface area contributed by atoms with Crippen LogP contribution in [0.2, 0.25) is 0 Å². The van der Waals surface area contributed by atoms with Crippen molar-refractivity contribution in [2.24, 2.45) is 14.1 Å². The standard InChI is InChI=1S/C11H11N3S2/c1-13-10(15)9(12-14(2)11(13)16)8-6-4-3-5-7-8/h3-7H,1-2H3.